The van der Waals surface area contributed by atoms with Crippen LogP contribution >= 0.6 is 11.3 Å². The summed E-state index contributed by atoms with van der Waals surface area (Å²) < 4.78 is 0. The first-order valence-corrected chi connectivity index (χ1v) is 5.82. The molecule has 2 heteroatoms. The van der Waals surface area contributed by atoms with Gasteiger partial charge in [-0.3, -0.25) is 0 Å². The van der Waals surface area contributed by atoms with E-state index in [1.54, 1.807) is 11.3 Å². The van der Waals surface area contributed by atoms with Crippen LogP contribution < -0.4 is 0 Å². The molecule has 0 aliphatic carbocycles. The van der Waals surface area contributed by atoms with Gasteiger partial charge < -0.3 is 5.11 Å². The van der Waals surface area contributed by atoms with Crippen LogP contribution in [-0.2, 0) is 6.42 Å². The zero-order valence-corrected chi connectivity index (χ0v) is 9.23. The molecule has 1 aromatic rings. The largest absolute Gasteiger partial charge is 0.393 e. The van der Waals surface area contributed by atoms with Crippen LogP contribution in [0.4, 0.5) is 0 Å². The number of thiophene rings is 1. The monoisotopic (exact) mass is 198 g/mol. The van der Waals surface area contributed by atoms with Gasteiger partial charge in [0.1, 0.15) is 0 Å². The minimum absolute atomic E-state index is 0.106. The van der Waals surface area contributed by atoms with Crippen LogP contribution in [0.3, 0.4) is 0 Å². The van der Waals surface area contributed by atoms with Crippen molar-refractivity contribution in [3.05, 3.63) is 21.9 Å². The van der Waals surface area contributed by atoms with E-state index in [0.29, 0.717) is 0 Å². The molecule has 74 valence electrons. The fourth-order valence-corrected chi connectivity index (χ4v) is 2.18. The highest BCUT2D eigenvalue weighted by Crippen LogP contribution is 2.16. The molecule has 0 saturated carbocycles. The summed E-state index contributed by atoms with van der Waals surface area (Å²) in [5, 5.41) is 11.7. The second kappa shape index (κ2) is 5.40. The first-order chi connectivity index (χ1) is 6.22. The molecule has 0 aliphatic heterocycles. The topological polar surface area (TPSA) is 20.2 Å². The molecule has 0 saturated heterocycles. The molecule has 1 unspecified atom stereocenters. The standard InChI is InChI=1S/C11H18OS/c1-3-4-11(12)6-5-10-7-9(2)13-8-10/h7-8,11-12H,3-6H2,1-2H3. The lowest BCUT2D eigenvalue weighted by atomic mass is 10.1. The van der Waals surface area contributed by atoms with Gasteiger partial charge in [-0.2, -0.15) is 0 Å². The van der Waals surface area contributed by atoms with Crippen LogP contribution in [0.25, 0.3) is 0 Å². The lowest BCUT2D eigenvalue weighted by Gasteiger charge is -2.07. The number of rotatable bonds is 5. The summed E-state index contributed by atoms with van der Waals surface area (Å²) in [6.45, 7) is 4.23. The molecule has 0 radical (unpaired) electrons. The second-order valence-corrected chi connectivity index (χ2v) is 4.66. The Labute approximate surface area is 84.4 Å². The van der Waals surface area contributed by atoms with Gasteiger partial charge >= 0.3 is 0 Å². The molecule has 0 amide bonds. The lowest BCUT2D eigenvalue weighted by Crippen LogP contribution is -2.06. The Hall–Kier alpha value is -0.340. The molecule has 1 aromatic heterocycles. The summed E-state index contributed by atoms with van der Waals surface area (Å²) in [6.07, 6.45) is 3.83. The molecular weight excluding hydrogens is 180 g/mol. The third-order valence-electron chi connectivity index (χ3n) is 2.17. The highest BCUT2D eigenvalue weighted by Gasteiger charge is 2.03. The van der Waals surface area contributed by atoms with Crippen molar-refractivity contribution >= 4 is 11.3 Å². The van der Waals surface area contributed by atoms with Crippen LogP contribution in [0.2, 0.25) is 0 Å². The van der Waals surface area contributed by atoms with Crippen molar-refractivity contribution in [1.82, 2.24) is 0 Å². The Morgan fingerprint density at radius 2 is 2.23 bits per heavy atom. The van der Waals surface area contributed by atoms with Crippen LogP contribution in [0.1, 0.15) is 36.6 Å². The molecule has 13 heavy (non-hydrogen) atoms. The molecule has 1 N–H and O–H groups in total. The van der Waals surface area contributed by atoms with Gasteiger partial charge in [0.05, 0.1) is 6.10 Å². The molecule has 0 spiro atoms. The molecule has 0 fully saturated rings. The molecule has 0 aromatic carbocycles. The fraction of sp³-hybridized carbons (Fsp3) is 0.636. The Morgan fingerprint density at radius 1 is 1.46 bits per heavy atom. The van der Waals surface area contributed by atoms with Crippen molar-refractivity contribution in [2.75, 3.05) is 0 Å². The van der Waals surface area contributed by atoms with E-state index in [9.17, 15) is 5.11 Å². The van der Waals surface area contributed by atoms with Gasteiger partial charge in [-0.25, -0.2) is 0 Å². The van der Waals surface area contributed by atoms with E-state index in [1.165, 1.54) is 10.4 Å². The third-order valence-corrected chi connectivity index (χ3v) is 3.08. The number of aryl methyl sites for hydroxylation is 2. The summed E-state index contributed by atoms with van der Waals surface area (Å²) in [7, 11) is 0. The maximum Gasteiger partial charge on any atom is 0.0543 e. The second-order valence-electron chi connectivity index (χ2n) is 3.55. The molecule has 1 atom stereocenters. The number of hydrogen-bond acceptors (Lipinski definition) is 2. The van der Waals surface area contributed by atoms with E-state index < -0.39 is 0 Å². The Kier molecular flexibility index (Phi) is 4.46. The Bertz CT molecular complexity index is 242. The van der Waals surface area contributed by atoms with E-state index in [1.807, 2.05) is 0 Å². The molecule has 1 nitrogen and oxygen atoms in total. The lowest BCUT2D eigenvalue weighted by molar-refractivity contribution is 0.154. The van der Waals surface area contributed by atoms with Crippen LogP contribution in [0, 0.1) is 6.92 Å². The van der Waals surface area contributed by atoms with Crippen molar-refractivity contribution in [3.8, 4) is 0 Å². The Morgan fingerprint density at radius 3 is 2.77 bits per heavy atom. The third kappa shape index (κ3) is 3.92. The van der Waals surface area contributed by atoms with Gasteiger partial charge in [-0.1, -0.05) is 13.3 Å². The fourth-order valence-electron chi connectivity index (χ4n) is 1.44. The van der Waals surface area contributed by atoms with Gasteiger partial charge in [0, 0.05) is 4.88 Å². The molecule has 1 rings (SSSR count). The predicted octanol–water partition coefficient (Wildman–Crippen LogP) is 3.15. The molecule has 0 bridgehead atoms. The zero-order valence-electron chi connectivity index (χ0n) is 8.42. The van der Waals surface area contributed by atoms with Crippen LogP contribution in [0.5, 0.6) is 0 Å². The highest BCUT2D eigenvalue weighted by molar-refractivity contribution is 7.10. The summed E-state index contributed by atoms with van der Waals surface area (Å²) in [4.78, 5) is 1.36. The first kappa shape index (κ1) is 10.7. The minimum Gasteiger partial charge on any atom is -0.393 e. The zero-order chi connectivity index (χ0) is 9.68. The summed E-state index contributed by atoms with van der Waals surface area (Å²) in [5.41, 5.74) is 1.37. The van der Waals surface area contributed by atoms with E-state index >= 15 is 0 Å². The average molecular weight is 198 g/mol. The number of hydrogen-bond donors (Lipinski definition) is 1. The van der Waals surface area contributed by atoms with Crippen molar-refractivity contribution in [3.63, 3.8) is 0 Å². The van der Waals surface area contributed by atoms with Crippen LogP contribution in [-0.4, -0.2) is 11.2 Å². The van der Waals surface area contributed by atoms with E-state index in [2.05, 4.69) is 25.3 Å². The van der Waals surface area contributed by atoms with E-state index in [0.717, 1.165) is 25.7 Å². The van der Waals surface area contributed by atoms with Crippen LogP contribution in [0.15, 0.2) is 11.4 Å². The molecule has 1 heterocycles. The maximum absolute atomic E-state index is 9.52. The van der Waals surface area contributed by atoms with Crippen molar-refractivity contribution in [2.24, 2.45) is 0 Å². The quantitative estimate of drug-likeness (QED) is 0.770. The number of aliphatic hydroxyl groups excluding tert-OH is 1. The summed E-state index contributed by atoms with van der Waals surface area (Å²) >= 11 is 1.79. The predicted molar refractivity (Wildman–Crippen MR) is 58.3 cm³/mol. The summed E-state index contributed by atoms with van der Waals surface area (Å²) in [5.74, 6) is 0. The Balaban J connectivity index is 2.26. The van der Waals surface area contributed by atoms with Gasteiger partial charge in [-0.15, -0.1) is 11.3 Å². The minimum atomic E-state index is -0.106. The van der Waals surface area contributed by atoms with E-state index in [4.69, 9.17) is 0 Å². The van der Waals surface area contributed by atoms with Gasteiger partial charge in [0.25, 0.3) is 0 Å². The average Bonchev–Trinajstić information content (AvgIpc) is 2.49. The van der Waals surface area contributed by atoms with Gasteiger partial charge in [0.15, 0.2) is 0 Å². The highest BCUT2D eigenvalue weighted by atomic mass is 32.1. The molecule has 0 aliphatic rings. The smallest absolute Gasteiger partial charge is 0.0543 e. The van der Waals surface area contributed by atoms with Crippen molar-refractivity contribution in [2.45, 2.75) is 45.6 Å². The van der Waals surface area contributed by atoms with Gasteiger partial charge in [-0.05, 0) is 43.2 Å². The summed E-state index contributed by atoms with van der Waals surface area (Å²) in [6, 6.07) is 2.21. The van der Waals surface area contributed by atoms with Gasteiger partial charge in [0.2, 0.25) is 0 Å². The number of aliphatic hydroxyl groups is 1. The normalized spacial score (nSPS) is 13.2. The SMILES string of the molecule is CCCC(O)CCc1csc(C)c1. The molecular formula is C11H18OS. The van der Waals surface area contributed by atoms with Crippen molar-refractivity contribution in [1.29, 1.82) is 0 Å². The van der Waals surface area contributed by atoms with Crippen molar-refractivity contribution < 1.29 is 5.11 Å². The first-order valence-electron chi connectivity index (χ1n) is 4.94. The van der Waals surface area contributed by atoms with E-state index in [-0.39, 0.29) is 6.10 Å². The maximum atomic E-state index is 9.52.